The fourth-order valence-corrected chi connectivity index (χ4v) is 6.04. The summed E-state index contributed by atoms with van der Waals surface area (Å²) in [6, 6.07) is 32.6. The Labute approximate surface area is 239 Å². The van der Waals surface area contributed by atoms with Gasteiger partial charge in [0.05, 0.1) is 45.5 Å². The molecule has 6 heterocycles. The molecule has 0 amide bonds. The smallest absolute Gasteiger partial charge is 0.299 e. The Hall–Kier alpha value is -5.82. The van der Waals surface area contributed by atoms with E-state index in [0.29, 0.717) is 11.7 Å². The first-order valence-corrected chi connectivity index (χ1v) is 13.7. The van der Waals surface area contributed by atoms with Gasteiger partial charge in [0.1, 0.15) is 11.8 Å². The van der Waals surface area contributed by atoms with Gasteiger partial charge in [0.25, 0.3) is 5.78 Å². The number of fused-ring (bicyclic) bond motifs is 5. The molecule has 0 unspecified atom stereocenters. The molecule has 42 heavy (non-hydrogen) atoms. The highest BCUT2D eigenvalue weighted by Gasteiger charge is 2.32. The summed E-state index contributed by atoms with van der Waals surface area (Å²) in [5.41, 5.74) is 8.41. The molecule has 0 bridgehead atoms. The largest absolute Gasteiger partial charge is 0.464 e. The van der Waals surface area contributed by atoms with E-state index in [2.05, 4.69) is 64.3 Å². The third-order valence-electron chi connectivity index (χ3n) is 8.05. The standard InChI is InChI=1S/C35H22N4O3/c1-38-28-13-3-4-14-29(28)39(32-18-24-26(20-41-35(24)42-32)27-12-6-7-16-36-27)34-30(38)17-21-9-8-11-23(33(21)37-34)25-19-40-31-15-5-2-10-22(25)31/h2-20H,1H3. The number of nitrogens with zero attached hydrogens (tertiary/aromatic N) is 4. The number of rotatable bonds is 3. The number of benzene rings is 3. The molecule has 0 atom stereocenters. The van der Waals surface area contributed by atoms with Gasteiger partial charge in [-0.1, -0.05) is 54.6 Å². The van der Waals surface area contributed by atoms with Crippen LogP contribution in [0.15, 0.2) is 129 Å². The number of hydrogen-bond acceptors (Lipinski definition) is 7. The van der Waals surface area contributed by atoms with E-state index in [-0.39, 0.29) is 0 Å². The Morgan fingerprint density at radius 1 is 0.667 bits per heavy atom. The second kappa shape index (κ2) is 8.59. The Balaban J connectivity index is 1.29. The summed E-state index contributed by atoms with van der Waals surface area (Å²) in [6.07, 6.45) is 5.29. The predicted octanol–water partition coefficient (Wildman–Crippen LogP) is 9.60. The average Bonchev–Trinajstić information content (AvgIpc) is 3.76. The molecule has 0 saturated carbocycles. The first-order chi connectivity index (χ1) is 20.7. The molecule has 9 rings (SSSR count). The third kappa shape index (κ3) is 3.22. The lowest BCUT2D eigenvalue weighted by Crippen LogP contribution is -2.24. The number of anilines is 5. The van der Waals surface area contributed by atoms with Crippen molar-refractivity contribution >= 4 is 61.8 Å². The van der Waals surface area contributed by atoms with E-state index in [0.717, 1.165) is 72.5 Å². The zero-order chi connectivity index (χ0) is 27.8. The van der Waals surface area contributed by atoms with Crippen LogP contribution in [-0.2, 0) is 0 Å². The predicted molar refractivity (Wildman–Crippen MR) is 165 cm³/mol. The molecule has 8 aromatic rings. The summed E-state index contributed by atoms with van der Waals surface area (Å²) in [6.45, 7) is 0. The van der Waals surface area contributed by atoms with Crippen LogP contribution in [-0.4, -0.2) is 17.0 Å². The summed E-state index contributed by atoms with van der Waals surface area (Å²) in [4.78, 5) is 14.1. The van der Waals surface area contributed by atoms with Gasteiger partial charge in [0.2, 0.25) is 5.88 Å². The summed E-state index contributed by atoms with van der Waals surface area (Å²) in [5, 5.41) is 2.94. The van der Waals surface area contributed by atoms with E-state index in [4.69, 9.17) is 18.2 Å². The molecule has 0 N–H and O–H groups in total. The van der Waals surface area contributed by atoms with Gasteiger partial charge in [0, 0.05) is 41.2 Å². The van der Waals surface area contributed by atoms with Crippen LogP contribution in [0.1, 0.15) is 0 Å². The van der Waals surface area contributed by atoms with Gasteiger partial charge >= 0.3 is 0 Å². The van der Waals surface area contributed by atoms with E-state index >= 15 is 0 Å². The first-order valence-electron chi connectivity index (χ1n) is 13.7. The molecule has 0 saturated heterocycles. The molecule has 3 aromatic carbocycles. The molecule has 1 aliphatic rings. The van der Waals surface area contributed by atoms with E-state index < -0.39 is 0 Å². The average molecular weight is 547 g/mol. The number of furan rings is 3. The quantitative estimate of drug-likeness (QED) is 0.218. The van der Waals surface area contributed by atoms with Gasteiger partial charge in [0.15, 0.2) is 5.82 Å². The Morgan fingerprint density at radius 3 is 2.40 bits per heavy atom. The van der Waals surface area contributed by atoms with Crippen LogP contribution in [0, 0.1) is 0 Å². The monoisotopic (exact) mass is 546 g/mol. The molecule has 1 aliphatic heterocycles. The SMILES string of the molecule is CN1c2ccccc2N(c2cc3c(-c4ccccn4)coc3o2)c2nc3c(-c4coc5ccccc45)cccc3cc21. The van der Waals surface area contributed by atoms with Crippen LogP contribution in [0.4, 0.5) is 28.8 Å². The minimum Gasteiger partial charge on any atom is -0.464 e. The lowest BCUT2D eigenvalue weighted by molar-refractivity contribution is 0.482. The van der Waals surface area contributed by atoms with Crippen molar-refractivity contribution in [2.45, 2.75) is 0 Å². The Kier molecular flexibility index (Phi) is 4.69. The van der Waals surface area contributed by atoms with E-state index in [1.807, 2.05) is 60.9 Å². The van der Waals surface area contributed by atoms with Gasteiger partial charge in [-0.15, -0.1) is 0 Å². The number of para-hydroxylation sites is 4. The molecular weight excluding hydrogens is 524 g/mol. The summed E-state index contributed by atoms with van der Waals surface area (Å²) < 4.78 is 18.2. The topological polar surface area (TPSA) is 71.7 Å². The zero-order valence-electron chi connectivity index (χ0n) is 22.5. The molecular formula is C35H22N4O3. The fourth-order valence-electron chi connectivity index (χ4n) is 6.04. The zero-order valence-corrected chi connectivity index (χ0v) is 22.5. The molecule has 0 spiro atoms. The molecule has 200 valence electrons. The third-order valence-corrected chi connectivity index (χ3v) is 8.05. The van der Waals surface area contributed by atoms with Crippen molar-refractivity contribution in [2.75, 3.05) is 16.8 Å². The summed E-state index contributed by atoms with van der Waals surface area (Å²) in [7, 11) is 2.07. The molecule has 7 heteroatoms. The van der Waals surface area contributed by atoms with Crippen molar-refractivity contribution in [1.29, 1.82) is 0 Å². The lowest BCUT2D eigenvalue weighted by atomic mass is 10.0. The fraction of sp³-hybridized carbons (Fsp3) is 0.0286. The maximum Gasteiger partial charge on any atom is 0.299 e. The van der Waals surface area contributed by atoms with Gasteiger partial charge in [-0.3, -0.25) is 9.88 Å². The number of hydrogen-bond donors (Lipinski definition) is 0. The van der Waals surface area contributed by atoms with Crippen molar-refractivity contribution in [1.82, 2.24) is 9.97 Å². The minimum absolute atomic E-state index is 0.440. The van der Waals surface area contributed by atoms with E-state index in [1.165, 1.54) is 0 Å². The molecule has 0 fully saturated rings. The number of aromatic nitrogens is 2. The van der Waals surface area contributed by atoms with Gasteiger partial charge in [-0.25, -0.2) is 4.98 Å². The van der Waals surface area contributed by atoms with Crippen LogP contribution in [0.3, 0.4) is 0 Å². The van der Waals surface area contributed by atoms with Gasteiger partial charge < -0.3 is 18.2 Å². The maximum atomic E-state index is 6.39. The second-order valence-corrected chi connectivity index (χ2v) is 10.4. The van der Waals surface area contributed by atoms with Gasteiger partial charge in [-0.2, -0.15) is 0 Å². The Bertz CT molecular complexity index is 2300. The van der Waals surface area contributed by atoms with E-state index in [9.17, 15) is 0 Å². The van der Waals surface area contributed by atoms with Crippen molar-refractivity contribution in [2.24, 2.45) is 0 Å². The van der Waals surface area contributed by atoms with Crippen LogP contribution in [0.25, 0.3) is 55.4 Å². The highest BCUT2D eigenvalue weighted by Crippen LogP contribution is 2.52. The van der Waals surface area contributed by atoms with Crippen LogP contribution in [0.2, 0.25) is 0 Å². The van der Waals surface area contributed by atoms with Crippen LogP contribution < -0.4 is 9.80 Å². The first kappa shape index (κ1) is 22.9. The Morgan fingerprint density at radius 2 is 1.50 bits per heavy atom. The summed E-state index contributed by atoms with van der Waals surface area (Å²) >= 11 is 0. The second-order valence-electron chi connectivity index (χ2n) is 10.4. The minimum atomic E-state index is 0.440. The number of pyridine rings is 2. The van der Waals surface area contributed by atoms with Crippen molar-refractivity contribution < 1.29 is 13.3 Å². The van der Waals surface area contributed by atoms with Crippen LogP contribution in [0.5, 0.6) is 0 Å². The van der Waals surface area contributed by atoms with Crippen molar-refractivity contribution in [3.05, 3.63) is 116 Å². The molecule has 0 aliphatic carbocycles. The van der Waals surface area contributed by atoms with Crippen molar-refractivity contribution in [3.8, 4) is 22.4 Å². The normalized spacial score (nSPS) is 12.8. The maximum absolute atomic E-state index is 6.39. The molecule has 7 nitrogen and oxygen atoms in total. The van der Waals surface area contributed by atoms with Gasteiger partial charge in [-0.05, 0) is 36.4 Å². The molecule has 5 aromatic heterocycles. The van der Waals surface area contributed by atoms with Crippen LogP contribution >= 0.6 is 0 Å². The summed E-state index contributed by atoms with van der Waals surface area (Å²) in [5.74, 6) is 1.82. The van der Waals surface area contributed by atoms with Crippen molar-refractivity contribution in [3.63, 3.8) is 0 Å². The highest BCUT2D eigenvalue weighted by atomic mass is 16.5. The highest BCUT2D eigenvalue weighted by molar-refractivity contribution is 6.07. The van der Waals surface area contributed by atoms with E-state index in [1.54, 1.807) is 12.5 Å². The molecule has 0 radical (unpaired) electrons. The lowest BCUT2D eigenvalue weighted by Gasteiger charge is -2.36.